The van der Waals surface area contributed by atoms with Crippen LogP contribution in [0, 0.1) is 0 Å². The Morgan fingerprint density at radius 2 is 1.22 bits per heavy atom. The molecule has 0 radical (unpaired) electrons. The zero-order valence-corrected chi connectivity index (χ0v) is 18.2. The van der Waals surface area contributed by atoms with Crippen molar-refractivity contribution in [1.29, 1.82) is 0 Å². The van der Waals surface area contributed by atoms with Crippen LogP contribution in [0.15, 0.2) is 22.2 Å². The molecule has 12 nitrogen and oxygen atoms in total. The number of nitrogens with zero attached hydrogens (tertiary/aromatic N) is 8. The highest BCUT2D eigenvalue weighted by molar-refractivity contribution is 5.85. The first-order valence-electron chi connectivity index (χ1n) is 11.0. The standard InChI is InChI=1S/C20H26N10O2/c1-3-7-29-17-13-15(25-19(29)31)21-6-10-28-12-24-18-14(28)16(22-5-9-27(13)11-23-17)26-20(32)30(18)8-4-2/h11-12H,3-10H2,1-2H3,(H,21,25,31)(H,22,26,32). The summed E-state index contributed by atoms with van der Waals surface area (Å²) in [6.07, 6.45) is 5.07. The van der Waals surface area contributed by atoms with Gasteiger partial charge in [-0.05, 0) is 12.8 Å². The van der Waals surface area contributed by atoms with Crippen LogP contribution in [0.4, 0.5) is 11.6 Å². The smallest absolute Gasteiger partial charge is 0.351 e. The van der Waals surface area contributed by atoms with E-state index < -0.39 is 0 Å². The average molecular weight is 438 g/mol. The minimum atomic E-state index is -0.305. The second-order valence-corrected chi connectivity index (χ2v) is 7.86. The van der Waals surface area contributed by atoms with Crippen molar-refractivity contribution in [3.63, 3.8) is 0 Å². The molecular weight excluding hydrogens is 412 g/mol. The number of imidazole rings is 2. The highest BCUT2D eigenvalue weighted by Gasteiger charge is 2.19. The summed E-state index contributed by atoms with van der Waals surface area (Å²) in [6, 6.07) is 0. The molecule has 2 N–H and O–H groups in total. The van der Waals surface area contributed by atoms with Crippen molar-refractivity contribution in [1.82, 2.24) is 38.2 Å². The fourth-order valence-corrected chi connectivity index (χ4v) is 4.25. The lowest BCUT2D eigenvalue weighted by Crippen LogP contribution is -2.27. The summed E-state index contributed by atoms with van der Waals surface area (Å²) >= 11 is 0. The van der Waals surface area contributed by atoms with Gasteiger partial charge in [0.25, 0.3) is 0 Å². The molecule has 12 heteroatoms. The maximum atomic E-state index is 12.6. The Morgan fingerprint density at radius 3 is 1.62 bits per heavy atom. The molecular formula is C20H26N10O2. The Hall–Kier alpha value is -3.70. The van der Waals surface area contributed by atoms with E-state index in [1.165, 1.54) is 0 Å². The fourth-order valence-electron chi connectivity index (χ4n) is 4.25. The van der Waals surface area contributed by atoms with Crippen molar-refractivity contribution >= 4 is 34.0 Å². The Balaban J connectivity index is 1.60. The number of aryl methyl sites for hydroxylation is 2. The SMILES string of the molecule is CCCn1c(=O)nc2c3c1ncn3CCNc1nc(=O)n(CCC)c3ncn(c13)CCN2. The summed E-state index contributed by atoms with van der Waals surface area (Å²) < 4.78 is 7.17. The van der Waals surface area contributed by atoms with Crippen LogP contribution in [0.2, 0.25) is 0 Å². The lowest BCUT2D eigenvalue weighted by molar-refractivity contribution is 0.652. The number of anilines is 2. The molecule has 0 unspecified atom stereocenters. The van der Waals surface area contributed by atoms with E-state index in [4.69, 9.17) is 0 Å². The third-order valence-electron chi connectivity index (χ3n) is 5.66. The first-order chi connectivity index (χ1) is 15.6. The van der Waals surface area contributed by atoms with Gasteiger partial charge < -0.3 is 19.8 Å². The Morgan fingerprint density at radius 1 is 0.781 bits per heavy atom. The van der Waals surface area contributed by atoms with Gasteiger partial charge in [-0.1, -0.05) is 13.8 Å². The number of aromatic nitrogens is 8. The van der Waals surface area contributed by atoms with E-state index >= 15 is 0 Å². The van der Waals surface area contributed by atoms with Gasteiger partial charge in [0, 0.05) is 39.3 Å². The highest BCUT2D eigenvalue weighted by atomic mass is 16.1. The van der Waals surface area contributed by atoms with Crippen LogP contribution in [0.25, 0.3) is 22.3 Å². The predicted molar refractivity (Wildman–Crippen MR) is 121 cm³/mol. The van der Waals surface area contributed by atoms with Gasteiger partial charge in [-0.2, -0.15) is 9.97 Å². The normalized spacial score (nSPS) is 14.1. The van der Waals surface area contributed by atoms with E-state index in [-0.39, 0.29) is 11.4 Å². The minimum absolute atomic E-state index is 0.305. The van der Waals surface area contributed by atoms with E-state index in [1.54, 1.807) is 21.8 Å². The van der Waals surface area contributed by atoms with Crippen LogP contribution in [0.1, 0.15) is 26.7 Å². The summed E-state index contributed by atoms with van der Waals surface area (Å²) in [7, 11) is 0. The van der Waals surface area contributed by atoms with Gasteiger partial charge in [-0.15, -0.1) is 0 Å². The molecule has 4 aromatic heterocycles. The van der Waals surface area contributed by atoms with Gasteiger partial charge in [0.2, 0.25) is 0 Å². The topological polar surface area (TPSA) is 129 Å². The lowest BCUT2D eigenvalue weighted by Gasteiger charge is -2.16. The fraction of sp³-hybridized carbons (Fsp3) is 0.500. The molecule has 5 heterocycles. The van der Waals surface area contributed by atoms with Crippen molar-refractivity contribution in [3.8, 4) is 0 Å². The van der Waals surface area contributed by atoms with E-state index in [9.17, 15) is 9.59 Å². The summed E-state index contributed by atoms with van der Waals surface area (Å²) in [6.45, 7) is 7.31. The van der Waals surface area contributed by atoms with Gasteiger partial charge >= 0.3 is 11.4 Å². The Labute approximate surface area is 182 Å². The minimum Gasteiger partial charge on any atom is -0.366 e. The van der Waals surface area contributed by atoms with Crippen LogP contribution in [0.5, 0.6) is 0 Å². The van der Waals surface area contributed by atoms with Crippen LogP contribution in [0.3, 0.4) is 0 Å². The molecule has 0 saturated carbocycles. The molecule has 0 bridgehead atoms. The molecule has 1 aliphatic heterocycles. The molecule has 0 spiro atoms. The second-order valence-electron chi connectivity index (χ2n) is 7.86. The summed E-state index contributed by atoms with van der Waals surface area (Å²) in [4.78, 5) is 42.9. The molecule has 0 aliphatic carbocycles. The van der Waals surface area contributed by atoms with Crippen molar-refractivity contribution in [2.75, 3.05) is 23.7 Å². The number of hydrogen-bond donors (Lipinski definition) is 2. The van der Waals surface area contributed by atoms with Gasteiger partial charge in [0.15, 0.2) is 22.9 Å². The largest absolute Gasteiger partial charge is 0.366 e. The quantitative estimate of drug-likeness (QED) is 0.480. The molecule has 5 rings (SSSR count). The molecule has 32 heavy (non-hydrogen) atoms. The van der Waals surface area contributed by atoms with Crippen LogP contribution in [-0.2, 0) is 26.2 Å². The Bertz CT molecular complexity index is 1300. The molecule has 168 valence electrons. The molecule has 4 aromatic rings. The highest BCUT2D eigenvalue weighted by Crippen LogP contribution is 2.22. The summed E-state index contributed by atoms with van der Waals surface area (Å²) in [5.74, 6) is 1.06. The van der Waals surface area contributed by atoms with E-state index in [2.05, 4.69) is 30.6 Å². The van der Waals surface area contributed by atoms with Gasteiger partial charge in [-0.25, -0.2) is 19.6 Å². The predicted octanol–water partition coefficient (Wildman–Crippen LogP) is 0.857. The number of nitrogens with one attached hydrogen (secondary N) is 2. The molecule has 0 amide bonds. The van der Waals surface area contributed by atoms with Gasteiger partial charge in [-0.3, -0.25) is 9.13 Å². The van der Waals surface area contributed by atoms with E-state index in [1.807, 2.05) is 23.0 Å². The van der Waals surface area contributed by atoms with Crippen molar-refractivity contribution in [2.24, 2.45) is 0 Å². The first kappa shape index (κ1) is 20.2. The molecule has 0 fully saturated rings. The third-order valence-corrected chi connectivity index (χ3v) is 5.66. The van der Waals surface area contributed by atoms with Crippen LogP contribution >= 0.6 is 0 Å². The van der Waals surface area contributed by atoms with E-state index in [0.717, 1.165) is 23.9 Å². The zero-order valence-electron chi connectivity index (χ0n) is 18.2. The average Bonchev–Trinajstić information content (AvgIpc) is 3.37. The molecule has 1 aliphatic rings. The number of hydrogen-bond acceptors (Lipinski definition) is 8. The zero-order chi connectivity index (χ0) is 22.2. The second kappa shape index (κ2) is 8.09. The van der Waals surface area contributed by atoms with Crippen molar-refractivity contribution < 1.29 is 0 Å². The van der Waals surface area contributed by atoms with E-state index in [0.29, 0.717) is 62.2 Å². The third kappa shape index (κ3) is 3.22. The molecule has 0 aromatic carbocycles. The maximum absolute atomic E-state index is 12.6. The van der Waals surface area contributed by atoms with Crippen LogP contribution in [-0.4, -0.2) is 51.3 Å². The monoisotopic (exact) mass is 438 g/mol. The summed E-state index contributed by atoms with van der Waals surface area (Å²) in [5.41, 5.74) is 2.22. The molecule has 0 saturated heterocycles. The van der Waals surface area contributed by atoms with Gasteiger partial charge in [0.1, 0.15) is 11.0 Å². The first-order valence-corrected chi connectivity index (χ1v) is 11.0. The lowest BCUT2D eigenvalue weighted by atomic mass is 10.3. The van der Waals surface area contributed by atoms with Crippen molar-refractivity contribution in [2.45, 2.75) is 52.9 Å². The summed E-state index contributed by atoms with van der Waals surface area (Å²) in [5, 5.41) is 6.63. The Kier molecular flexibility index (Phi) is 5.11. The maximum Gasteiger partial charge on any atom is 0.351 e. The molecule has 0 atom stereocenters. The van der Waals surface area contributed by atoms with Crippen LogP contribution < -0.4 is 22.0 Å². The number of rotatable bonds is 4. The van der Waals surface area contributed by atoms with Crippen molar-refractivity contribution in [3.05, 3.63) is 33.6 Å². The van der Waals surface area contributed by atoms with Gasteiger partial charge in [0.05, 0.1) is 12.7 Å².